The molecule has 1 aromatic rings. The molecule has 0 radical (unpaired) electrons. The SMILES string of the molecule is NC(=O)C1COCCN1C(=O)Cc1nc(CCl)cs1. The topological polar surface area (TPSA) is 85.5 Å². The Morgan fingerprint density at radius 2 is 2.42 bits per heavy atom. The normalized spacial score (nSPS) is 19.4. The van der Waals surface area contributed by atoms with Crippen LogP contribution in [0.15, 0.2) is 5.38 Å². The van der Waals surface area contributed by atoms with Crippen LogP contribution in [0.3, 0.4) is 0 Å². The summed E-state index contributed by atoms with van der Waals surface area (Å²) in [6, 6.07) is -0.686. The molecule has 1 atom stereocenters. The van der Waals surface area contributed by atoms with E-state index >= 15 is 0 Å². The molecule has 0 spiro atoms. The molecule has 19 heavy (non-hydrogen) atoms. The van der Waals surface area contributed by atoms with Gasteiger partial charge in [0.15, 0.2) is 0 Å². The van der Waals surface area contributed by atoms with Gasteiger partial charge in [-0.25, -0.2) is 4.98 Å². The largest absolute Gasteiger partial charge is 0.377 e. The third-order valence-corrected chi connectivity index (χ3v) is 3.99. The van der Waals surface area contributed by atoms with Gasteiger partial charge >= 0.3 is 0 Å². The van der Waals surface area contributed by atoms with E-state index in [1.165, 1.54) is 16.2 Å². The highest BCUT2D eigenvalue weighted by Crippen LogP contribution is 2.15. The summed E-state index contributed by atoms with van der Waals surface area (Å²) in [6.45, 7) is 0.951. The van der Waals surface area contributed by atoms with Gasteiger partial charge in [-0.05, 0) is 0 Å². The second kappa shape index (κ2) is 6.31. The molecule has 2 heterocycles. The van der Waals surface area contributed by atoms with Crippen LogP contribution in [0, 0.1) is 0 Å². The smallest absolute Gasteiger partial charge is 0.242 e. The van der Waals surface area contributed by atoms with E-state index in [9.17, 15) is 9.59 Å². The molecular formula is C11H14ClN3O3S. The first-order valence-corrected chi connectivity index (χ1v) is 7.19. The van der Waals surface area contributed by atoms with Gasteiger partial charge < -0.3 is 15.4 Å². The lowest BCUT2D eigenvalue weighted by Crippen LogP contribution is -2.55. The maximum Gasteiger partial charge on any atom is 0.242 e. The zero-order valence-electron chi connectivity index (χ0n) is 10.2. The molecule has 0 bridgehead atoms. The number of ether oxygens (including phenoxy) is 1. The summed E-state index contributed by atoms with van der Waals surface area (Å²) in [5.41, 5.74) is 6.02. The number of nitrogens with two attached hydrogens (primary N) is 1. The zero-order chi connectivity index (χ0) is 13.8. The van der Waals surface area contributed by atoms with Crippen molar-refractivity contribution in [3.05, 3.63) is 16.1 Å². The van der Waals surface area contributed by atoms with Crippen LogP contribution in [-0.4, -0.2) is 47.5 Å². The highest BCUT2D eigenvalue weighted by Gasteiger charge is 2.31. The van der Waals surface area contributed by atoms with Crippen molar-refractivity contribution in [2.75, 3.05) is 19.8 Å². The molecule has 0 aliphatic carbocycles. The van der Waals surface area contributed by atoms with E-state index in [0.29, 0.717) is 24.0 Å². The van der Waals surface area contributed by atoms with Gasteiger partial charge in [-0.1, -0.05) is 0 Å². The van der Waals surface area contributed by atoms with Crippen LogP contribution in [0.25, 0.3) is 0 Å². The van der Waals surface area contributed by atoms with Crippen LogP contribution < -0.4 is 5.73 Å². The van der Waals surface area contributed by atoms with Gasteiger partial charge in [0.1, 0.15) is 11.0 Å². The lowest BCUT2D eigenvalue weighted by atomic mass is 10.2. The molecule has 1 aliphatic heterocycles. The summed E-state index contributed by atoms with van der Waals surface area (Å²) in [5.74, 6) is -0.386. The summed E-state index contributed by atoms with van der Waals surface area (Å²) in [6.07, 6.45) is 0.158. The van der Waals surface area contributed by atoms with Gasteiger partial charge in [0, 0.05) is 11.9 Å². The van der Waals surface area contributed by atoms with Crippen molar-refractivity contribution in [3.63, 3.8) is 0 Å². The van der Waals surface area contributed by atoms with Gasteiger partial charge in [-0.2, -0.15) is 0 Å². The number of hydrogen-bond acceptors (Lipinski definition) is 5. The number of alkyl halides is 1. The third-order valence-electron chi connectivity index (χ3n) is 2.82. The molecule has 2 amide bonds. The van der Waals surface area contributed by atoms with Crippen molar-refractivity contribution in [2.24, 2.45) is 5.73 Å². The second-order valence-corrected chi connectivity index (χ2v) is 5.33. The number of nitrogens with zero attached hydrogens (tertiary/aromatic N) is 2. The highest BCUT2D eigenvalue weighted by molar-refractivity contribution is 7.09. The quantitative estimate of drug-likeness (QED) is 0.802. The van der Waals surface area contributed by atoms with Crippen LogP contribution >= 0.6 is 22.9 Å². The first-order chi connectivity index (χ1) is 9.11. The summed E-state index contributed by atoms with van der Waals surface area (Å²) < 4.78 is 5.17. The maximum absolute atomic E-state index is 12.2. The van der Waals surface area contributed by atoms with Gasteiger partial charge in [0.25, 0.3) is 0 Å². The predicted molar refractivity (Wildman–Crippen MR) is 70.9 cm³/mol. The average Bonchev–Trinajstić information content (AvgIpc) is 2.86. The standard InChI is InChI=1S/C11H14ClN3O3S/c12-4-7-6-19-9(14-7)3-10(16)15-1-2-18-5-8(15)11(13)17/h6,8H,1-5H2,(H2,13,17). The molecule has 2 N–H and O–H groups in total. The number of carbonyl (C=O) groups is 2. The number of aromatic nitrogens is 1. The Balaban J connectivity index is 2.03. The van der Waals surface area contributed by atoms with E-state index in [-0.39, 0.29) is 18.9 Å². The first-order valence-electron chi connectivity index (χ1n) is 5.77. The van der Waals surface area contributed by atoms with Crippen molar-refractivity contribution < 1.29 is 14.3 Å². The summed E-state index contributed by atoms with van der Waals surface area (Å²) in [5, 5.41) is 2.51. The molecule has 1 fully saturated rings. The van der Waals surface area contributed by atoms with Gasteiger partial charge in [0.2, 0.25) is 11.8 Å². The van der Waals surface area contributed by atoms with E-state index in [4.69, 9.17) is 22.1 Å². The predicted octanol–water partition coefficient (Wildman–Crippen LogP) is 0.137. The summed E-state index contributed by atoms with van der Waals surface area (Å²) in [4.78, 5) is 29.2. The molecule has 0 aromatic carbocycles. The van der Waals surface area contributed by atoms with Gasteiger partial charge in [0.05, 0.1) is 31.2 Å². The lowest BCUT2D eigenvalue weighted by molar-refractivity contribution is -0.146. The Kier molecular flexibility index (Phi) is 4.73. The van der Waals surface area contributed by atoms with E-state index in [1.54, 1.807) is 0 Å². The monoisotopic (exact) mass is 303 g/mol. The Morgan fingerprint density at radius 1 is 1.63 bits per heavy atom. The molecule has 104 valence electrons. The number of morpholine rings is 1. The molecule has 2 rings (SSSR count). The maximum atomic E-state index is 12.2. The molecule has 8 heteroatoms. The zero-order valence-corrected chi connectivity index (χ0v) is 11.7. The minimum atomic E-state index is -0.686. The van der Waals surface area contributed by atoms with Crippen LogP contribution in [0.5, 0.6) is 0 Å². The third kappa shape index (κ3) is 3.43. The van der Waals surface area contributed by atoms with Crippen molar-refractivity contribution in [1.82, 2.24) is 9.88 Å². The molecular weight excluding hydrogens is 290 g/mol. The fourth-order valence-corrected chi connectivity index (χ4v) is 2.87. The highest BCUT2D eigenvalue weighted by atomic mass is 35.5. The van der Waals surface area contributed by atoms with E-state index in [2.05, 4.69) is 4.98 Å². The van der Waals surface area contributed by atoms with Gasteiger partial charge in [-0.15, -0.1) is 22.9 Å². The fourth-order valence-electron chi connectivity index (χ4n) is 1.86. The van der Waals surface area contributed by atoms with Gasteiger partial charge in [-0.3, -0.25) is 9.59 Å². The number of halogens is 1. The van der Waals surface area contributed by atoms with Crippen LogP contribution in [0.2, 0.25) is 0 Å². The minimum absolute atomic E-state index is 0.158. The van der Waals surface area contributed by atoms with Crippen LogP contribution in [0.4, 0.5) is 0 Å². The number of carbonyl (C=O) groups excluding carboxylic acids is 2. The van der Waals surface area contributed by atoms with Crippen LogP contribution in [0.1, 0.15) is 10.7 Å². The molecule has 0 saturated carbocycles. The first kappa shape index (κ1) is 14.2. The average molecular weight is 304 g/mol. The van der Waals surface area contributed by atoms with E-state index < -0.39 is 11.9 Å². The Hall–Kier alpha value is -1.18. The lowest BCUT2D eigenvalue weighted by Gasteiger charge is -2.33. The fraction of sp³-hybridized carbons (Fsp3) is 0.545. The Labute approximate surface area is 119 Å². The Morgan fingerprint density at radius 3 is 3.05 bits per heavy atom. The number of thiazole rings is 1. The summed E-state index contributed by atoms with van der Waals surface area (Å²) in [7, 11) is 0. The second-order valence-electron chi connectivity index (χ2n) is 4.12. The van der Waals surface area contributed by atoms with Crippen molar-refractivity contribution in [1.29, 1.82) is 0 Å². The van der Waals surface area contributed by atoms with Crippen molar-refractivity contribution in [2.45, 2.75) is 18.3 Å². The van der Waals surface area contributed by atoms with E-state index in [0.717, 1.165) is 5.69 Å². The Bertz CT molecular complexity index is 480. The minimum Gasteiger partial charge on any atom is -0.377 e. The summed E-state index contributed by atoms with van der Waals surface area (Å²) >= 11 is 7.05. The molecule has 1 unspecified atom stereocenters. The molecule has 1 saturated heterocycles. The van der Waals surface area contributed by atoms with Crippen LogP contribution in [-0.2, 0) is 26.6 Å². The van der Waals surface area contributed by atoms with E-state index in [1.807, 2.05) is 5.38 Å². The number of amides is 2. The number of primary amides is 1. The number of hydrogen-bond donors (Lipinski definition) is 1. The molecule has 6 nitrogen and oxygen atoms in total. The number of rotatable bonds is 4. The molecule has 1 aliphatic rings. The molecule has 1 aromatic heterocycles. The van der Waals surface area contributed by atoms with Crippen molar-refractivity contribution in [3.8, 4) is 0 Å². The van der Waals surface area contributed by atoms with Crippen molar-refractivity contribution >= 4 is 34.8 Å².